The van der Waals surface area contributed by atoms with Gasteiger partial charge in [0, 0.05) is 23.6 Å². The molecule has 0 radical (unpaired) electrons. The molecule has 0 aromatic heterocycles. The van der Waals surface area contributed by atoms with Crippen LogP contribution in [0.1, 0.15) is 5.56 Å². The van der Waals surface area contributed by atoms with Gasteiger partial charge in [-0.2, -0.15) is 0 Å². The van der Waals surface area contributed by atoms with Crippen molar-refractivity contribution < 1.29 is 9.53 Å². The molecular formula is C12H16ClNO2S. The number of rotatable bonds is 6. The van der Waals surface area contributed by atoms with Crippen molar-refractivity contribution in [2.45, 2.75) is 6.92 Å². The molecule has 1 aromatic rings. The van der Waals surface area contributed by atoms with E-state index in [-0.39, 0.29) is 5.91 Å². The smallest absolute Gasteiger partial charge is 0.234 e. The van der Waals surface area contributed by atoms with Crippen molar-refractivity contribution in [2.75, 3.05) is 30.5 Å². The van der Waals surface area contributed by atoms with Gasteiger partial charge in [-0.15, -0.1) is 11.8 Å². The number of ether oxygens (including phenoxy) is 1. The third-order valence-electron chi connectivity index (χ3n) is 2.21. The SMILES string of the molecule is COCCSCC(=O)Nc1cccc(Cl)c1C. The van der Waals surface area contributed by atoms with Crippen molar-refractivity contribution in [3.05, 3.63) is 28.8 Å². The Morgan fingerprint density at radius 2 is 2.29 bits per heavy atom. The molecule has 1 N–H and O–H groups in total. The monoisotopic (exact) mass is 273 g/mol. The summed E-state index contributed by atoms with van der Waals surface area (Å²) in [5.74, 6) is 1.23. The summed E-state index contributed by atoms with van der Waals surface area (Å²) in [6.07, 6.45) is 0. The van der Waals surface area contributed by atoms with Gasteiger partial charge >= 0.3 is 0 Å². The lowest BCUT2D eigenvalue weighted by atomic mass is 10.2. The van der Waals surface area contributed by atoms with E-state index in [1.54, 1.807) is 24.9 Å². The molecule has 1 amide bonds. The maximum Gasteiger partial charge on any atom is 0.234 e. The maximum absolute atomic E-state index is 11.6. The minimum Gasteiger partial charge on any atom is -0.384 e. The van der Waals surface area contributed by atoms with Gasteiger partial charge in [0.1, 0.15) is 0 Å². The summed E-state index contributed by atoms with van der Waals surface area (Å²) in [5.41, 5.74) is 1.67. The molecule has 0 aliphatic carbocycles. The first-order valence-corrected chi connectivity index (χ1v) is 6.80. The van der Waals surface area contributed by atoms with E-state index in [4.69, 9.17) is 16.3 Å². The Bertz CT molecular complexity index is 385. The average molecular weight is 274 g/mol. The van der Waals surface area contributed by atoms with Gasteiger partial charge < -0.3 is 10.1 Å². The van der Waals surface area contributed by atoms with E-state index in [0.717, 1.165) is 17.0 Å². The minimum atomic E-state index is -0.0172. The molecule has 0 aliphatic heterocycles. The minimum absolute atomic E-state index is 0.0172. The summed E-state index contributed by atoms with van der Waals surface area (Å²) >= 11 is 7.52. The maximum atomic E-state index is 11.6. The van der Waals surface area contributed by atoms with Crippen LogP contribution in [0.3, 0.4) is 0 Å². The Balaban J connectivity index is 2.43. The number of halogens is 1. The van der Waals surface area contributed by atoms with E-state index in [2.05, 4.69) is 5.32 Å². The van der Waals surface area contributed by atoms with Crippen LogP contribution in [0.4, 0.5) is 5.69 Å². The van der Waals surface area contributed by atoms with E-state index in [0.29, 0.717) is 17.4 Å². The van der Waals surface area contributed by atoms with Crippen molar-refractivity contribution in [1.82, 2.24) is 0 Å². The van der Waals surface area contributed by atoms with Crippen molar-refractivity contribution >= 4 is 35.0 Å². The van der Waals surface area contributed by atoms with Gasteiger partial charge in [0.2, 0.25) is 5.91 Å². The standard InChI is InChI=1S/C12H16ClNO2S/c1-9-10(13)4-3-5-11(9)14-12(15)8-17-7-6-16-2/h3-5H,6-8H2,1-2H3,(H,14,15). The van der Waals surface area contributed by atoms with E-state index >= 15 is 0 Å². The lowest BCUT2D eigenvalue weighted by Gasteiger charge is -2.09. The van der Waals surface area contributed by atoms with Crippen molar-refractivity contribution in [3.63, 3.8) is 0 Å². The highest BCUT2D eigenvalue weighted by Gasteiger charge is 2.06. The van der Waals surface area contributed by atoms with Gasteiger partial charge in [-0.05, 0) is 24.6 Å². The average Bonchev–Trinajstić information content (AvgIpc) is 2.31. The highest BCUT2D eigenvalue weighted by atomic mass is 35.5. The van der Waals surface area contributed by atoms with Crippen LogP contribution in [0.2, 0.25) is 5.02 Å². The van der Waals surface area contributed by atoms with Gasteiger partial charge in [0.05, 0.1) is 12.4 Å². The molecule has 0 saturated heterocycles. The van der Waals surface area contributed by atoms with E-state index in [1.807, 2.05) is 19.1 Å². The molecular weight excluding hydrogens is 258 g/mol. The summed E-state index contributed by atoms with van der Waals surface area (Å²) in [7, 11) is 1.65. The lowest BCUT2D eigenvalue weighted by Crippen LogP contribution is -2.15. The molecule has 17 heavy (non-hydrogen) atoms. The van der Waals surface area contributed by atoms with Crippen LogP contribution in [-0.4, -0.2) is 31.1 Å². The molecule has 0 unspecified atom stereocenters. The number of carbonyl (C=O) groups excluding carboxylic acids is 1. The van der Waals surface area contributed by atoms with Crippen LogP contribution < -0.4 is 5.32 Å². The van der Waals surface area contributed by atoms with Crippen LogP contribution in [0, 0.1) is 6.92 Å². The summed E-state index contributed by atoms with van der Waals surface area (Å²) in [6, 6.07) is 5.47. The fraction of sp³-hybridized carbons (Fsp3) is 0.417. The molecule has 5 heteroatoms. The number of benzene rings is 1. The number of hydrogen-bond acceptors (Lipinski definition) is 3. The second kappa shape index (κ2) is 7.58. The van der Waals surface area contributed by atoms with E-state index < -0.39 is 0 Å². The zero-order valence-electron chi connectivity index (χ0n) is 9.96. The molecule has 0 bridgehead atoms. The van der Waals surface area contributed by atoms with Crippen molar-refractivity contribution in [2.24, 2.45) is 0 Å². The molecule has 0 aliphatic rings. The van der Waals surface area contributed by atoms with Gasteiger partial charge in [-0.1, -0.05) is 17.7 Å². The fourth-order valence-corrected chi connectivity index (χ4v) is 2.10. The van der Waals surface area contributed by atoms with Crippen molar-refractivity contribution in [3.8, 4) is 0 Å². The predicted octanol–water partition coefficient (Wildman–Crippen LogP) is 2.97. The Hall–Kier alpha value is -0.710. The Morgan fingerprint density at radius 1 is 1.53 bits per heavy atom. The molecule has 1 rings (SSSR count). The van der Waals surface area contributed by atoms with E-state index in [1.165, 1.54) is 0 Å². The molecule has 0 atom stereocenters. The first-order chi connectivity index (χ1) is 8.15. The van der Waals surface area contributed by atoms with Gasteiger partial charge in [-0.25, -0.2) is 0 Å². The zero-order chi connectivity index (χ0) is 12.7. The summed E-state index contributed by atoms with van der Waals surface area (Å²) in [6.45, 7) is 2.55. The lowest BCUT2D eigenvalue weighted by molar-refractivity contribution is -0.113. The Labute approximate surface area is 111 Å². The number of thioether (sulfide) groups is 1. The summed E-state index contributed by atoms with van der Waals surface area (Å²) in [4.78, 5) is 11.6. The number of hydrogen-bond donors (Lipinski definition) is 1. The van der Waals surface area contributed by atoms with Gasteiger partial charge in [0.15, 0.2) is 0 Å². The molecule has 0 saturated carbocycles. The highest BCUT2D eigenvalue weighted by Crippen LogP contribution is 2.22. The van der Waals surface area contributed by atoms with Gasteiger partial charge in [0.25, 0.3) is 0 Å². The van der Waals surface area contributed by atoms with Gasteiger partial charge in [-0.3, -0.25) is 4.79 Å². The van der Waals surface area contributed by atoms with Crippen LogP contribution in [-0.2, 0) is 9.53 Å². The van der Waals surface area contributed by atoms with Crippen LogP contribution in [0.25, 0.3) is 0 Å². The number of carbonyl (C=O) groups is 1. The third-order valence-corrected chi connectivity index (χ3v) is 3.54. The fourth-order valence-electron chi connectivity index (χ4n) is 1.24. The predicted molar refractivity (Wildman–Crippen MR) is 74.0 cm³/mol. The highest BCUT2D eigenvalue weighted by molar-refractivity contribution is 7.99. The second-order valence-corrected chi connectivity index (χ2v) is 5.02. The largest absolute Gasteiger partial charge is 0.384 e. The molecule has 94 valence electrons. The van der Waals surface area contributed by atoms with Crippen LogP contribution in [0.15, 0.2) is 18.2 Å². The summed E-state index contributed by atoms with van der Waals surface area (Å²) in [5, 5.41) is 3.50. The number of anilines is 1. The molecule has 0 spiro atoms. The Kier molecular flexibility index (Phi) is 6.40. The molecule has 1 aromatic carbocycles. The van der Waals surface area contributed by atoms with E-state index in [9.17, 15) is 4.79 Å². The normalized spacial score (nSPS) is 10.3. The zero-order valence-corrected chi connectivity index (χ0v) is 11.5. The molecule has 3 nitrogen and oxygen atoms in total. The Morgan fingerprint density at radius 3 is 3.00 bits per heavy atom. The van der Waals surface area contributed by atoms with Crippen LogP contribution in [0.5, 0.6) is 0 Å². The quantitative estimate of drug-likeness (QED) is 0.810. The first kappa shape index (κ1) is 14.4. The third kappa shape index (κ3) is 4.98. The van der Waals surface area contributed by atoms with Crippen LogP contribution >= 0.6 is 23.4 Å². The first-order valence-electron chi connectivity index (χ1n) is 5.26. The molecule has 0 fully saturated rings. The number of methoxy groups -OCH3 is 1. The molecule has 0 heterocycles. The van der Waals surface area contributed by atoms with Crippen molar-refractivity contribution in [1.29, 1.82) is 0 Å². The number of amides is 1. The topological polar surface area (TPSA) is 38.3 Å². The number of nitrogens with one attached hydrogen (secondary N) is 1. The second-order valence-electron chi connectivity index (χ2n) is 3.51. The summed E-state index contributed by atoms with van der Waals surface area (Å²) < 4.78 is 4.91.